The van der Waals surface area contributed by atoms with E-state index in [4.69, 9.17) is 16.3 Å². The lowest BCUT2D eigenvalue weighted by molar-refractivity contribution is -0.129. The van der Waals surface area contributed by atoms with E-state index >= 15 is 0 Å². The van der Waals surface area contributed by atoms with Gasteiger partial charge in [0.05, 0.1) is 5.56 Å². The lowest BCUT2D eigenvalue weighted by Crippen LogP contribution is -2.35. The Hall–Kier alpha value is -1.92. The quantitative estimate of drug-likeness (QED) is 0.749. The first kappa shape index (κ1) is 18.4. The van der Waals surface area contributed by atoms with Crippen LogP contribution in [-0.2, 0) is 16.1 Å². The number of hydrogen-bond donors (Lipinski definition) is 1. The predicted octanol–water partition coefficient (Wildman–Crippen LogP) is 4.10. The molecule has 2 rings (SSSR count). The number of carbonyl (C=O) groups is 2. The first-order valence-corrected chi connectivity index (χ1v) is 8.22. The van der Waals surface area contributed by atoms with Crippen molar-refractivity contribution in [2.75, 3.05) is 0 Å². The summed E-state index contributed by atoms with van der Waals surface area (Å²) < 4.78 is 18.4. The molecule has 7 heteroatoms. The van der Waals surface area contributed by atoms with Crippen molar-refractivity contribution in [2.24, 2.45) is 0 Å². The van der Waals surface area contributed by atoms with Crippen LogP contribution >= 0.6 is 27.5 Å². The van der Waals surface area contributed by atoms with Crippen molar-refractivity contribution in [1.29, 1.82) is 0 Å². The van der Waals surface area contributed by atoms with Crippen molar-refractivity contribution in [3.63, 3.8) is 0 Å². The van der Waals surface area contributed by atoms with E-state index in [0.29, 0.717) is 5.02 Å². The standard InChI is InChI=1S/C17H14BrClFNO3/c1-10(16(22)21-9-11-4-2-3-5-15(11)19)24-17(23)13-7-6-12(20)8-14(13)18/h2-8,10H,9H2,1H3,(H,21,22). The summed E-state index contributed by atoms with van der Waals surface area (Å²) in [7, 11) is 0. The summed E-state index contributed by atoms with van der Waals surface area (Å²) in [6, 6.07) is 10.7. The molecule has 2 aromatic rings. The maximum atomic E-state index is 13.0. The minimum absolute atomic E-state index is 0.141. The van der Waals surface area contributed by atoms with Crippen molar-refractivity contribution in [1.82, 2.24) is 5.32 Å². The molecule has 0 aromatic heterocycles. The molecule has 126 valence electrons. The fourth-order valence-corrected chi connectivity index (χ4v) is 2.62. The number of rotatable bonds is 5. The second-order valence-corrected chi connectivity index (χ2v) is 6.24. The average Bonchev–Trinajstić information content (AvgIpc) is 2.53. The molecular weight excluding hydrogens is 401 g/mol. The van der Waals surface area contributed by atoms with E-state index in [1.807, 2.05) is 6.07 Å². The van der Waals surface area contributed by atoms with Crippen LogP contribution in [0.2, 0.25) is 5.02 Å². The third kappa shape index (κ3) is 4.79. The Bertz CT molecular complexity index is 769. The van der Waals surface area contributed by atoms with E-state index < -0.39 is 23.8 Å². The molecule has 1 amide bonds. The number of benzene rings is 2. The van der Waals surface area contributed by atoms with E-state index in [1.54, 1.807) is 18.2 Å². The largest absolute Gasteiger partial charge is 0.449 e. The highest BCUT2D eigenvalue weighted by atomic mass is 79.9. The Morgan fingerprint density at radius 1 is 1.29 bits per heavy atom. The predicted molar refractivity (Wildman–Crippen MR) is 92.3 cm³/mol. The second-order valence-electron chi connectivity index (χ2n) is 4.98. The fraction of sp³-hybridized carbons (Fsp3) is 0.176. The van der Waals surface area contributed by atoms with E-state index in [0.717, 1.165) is 17.7 Å². The number of nitrogens with one attached hydrogen (secondary N) is 1. The Balaban J connectivity index is 1.93. The first-order chi connectivity index (χ1) is 11.4. The lowest BCUT2D eigenvalue weighted by Gasteiger charge is -2.14. The van der Waals surface area contributed by atoms with Gasteiger partial charge in [-0.2, -0.15) is 0 Å². The van der Waals surface area contributed by atoms with E-state index in [-0.39, 0.29) is 16.6 Å². The molecule has 1 atom stereocenters. The van der Waals surface area contributed by atoms with Crippen LogP contribution in [0.5, 0.6) is 0 Å². The number of ether oxygens (including phenoxy) is 1. The van der Waals surface area contributed by atoms with Gasteiger partial charge in [0.25, 0.3) is 5.91 Å². The highest BCUT2D eigenvalue weighted by molar-refractivity contribution is 9.10. The number of esters is 1. The molecular formula is C17H14BrClFNO3. The molecule has 24 heavy (non-hydrogen) atoms. The van der Waals surface area contributed by atoms with Gasteiger partial charge in [0.15, 0.2) is 6.10 Å². The molecule has 0 aliphatic rings. The maximum absolute atomic E-state index is 13.0. The van der Waals surface area contributed by atoms with Gasteiger partial charge in [-0.15, -0.1) is 0 Å². The Kier molecular flexibility index (Phi) is 6.34. The topological polar surface area (TPSA) is 55.4 Å². The van der Waals surface area contributed by atoms with Crippen molar-refractivity contribution in [3.8, 4) is 0 Å². The zero-order valence-electron chi connectivity index (χ0n) is 12.7. The summed E-state index contributed by atoms with van der Waals surface area (Å²) in [5, 5.41) is 3.19. The molecule has 4 nitrogen and oxygen atoms in total. The molecule has 0 aliphatic carbocycles. The summed E-state index contributed by atoms with van der Waals surface area (Å²) in [6.07, 6.45) is -1.00. The smallest absolute Gasteiger partial charge is 0.340 e. The van der Waals surface area contributed by atoms with Gasteiger partial charge in [0.1, 0.15) is 5.82 Å². The Morgan fingerprint density at radius 3 is 2.67 bits per heavy atom. The lowest BCUT2D eigenvalue weighted by atomic mass is 10.2. The zero-order valence-corrected chi connectivity index (χ0v) is 15.0. The minimum Gasteiger partial charge on any atom is -0.449 e. The molecule has 0 radical (unpaired) electrons. The number of amides is 1. The second kappa shape index (κ2) is 8.26. The summed E-state index contributed by atoms with van der Waals surface area (Å²) in [5.41, 5.74) is 0.898. The minimum atomic E-state index is -1.00. The average molecular weight is 415 g/mol. The summed E-state index contributed by atoms with van der Waals surface area (Å²) in [5.74, 6) is -1.66. The van der Waals surface area contributed by atoms with Gasteiger partial charge in [-0.3, -0.25) is 4.79 Å². The maximum Gasteiger partial charge on any atom is 0.340 e. The molecule has 0 saturated carbocycles. The summed E-state index contributed by atoms with van der Waals surface area (Å²) >= 11 is 9.10. The molecule has 0 heterocycles. The van der Waals surface area contributed by atoms with Crippen molar-refractivity contribution in [2.45, 2.75) is 19.6 Å². The van der Waals surface area contributed by atoms with Gasteiger partial charge in [-0.25, -0.2) is 9.18 Å². The first-order valence-electron chi connectivity index (χ1n) is 7.05. The SMILES string of the molecule is CC(OC(=O)c1ccc(F)cc1Br)C(=O)NCc1ccccc1Cl. The molecule has 1 N–H and O–H groups in total. The number of halogens is 3. The molecule has 0 spiro atoms. The van der Waals surface area contributed by atoms with Gasteiger partial charge in [0, 0.05) is 16.0 Å². The van der Waals surface area contributed by atoms with Crippen LogP contribution in [0.25, 0.3) is 0 Å². The number of carbonyl (C=O) groups excluding carboxylic acids is 2. The molecule has 0 bridgehead atoms. The molecule has 0 aliphatic heterocycles. The van der Waals surface area contributed by atoms with Crippen molar-refractivity contribution in [3.05, 3.63) is 68.9 Å². The highest BCUT2D eigenvalue weighted by Crippen LogP contribution is 2.19. The third-order valence-electron chi connectivity index (χ3n) is 3.21. The van der Waals surface area contributed by atoms with Gasteiger partial charge in [0.2, 0.25) is 0 Å². The van der Waals surface area contributed by atoms with E-state index in [2.05, 4.69) is 21.2 Å². The van der Waals surface area contributed by atoms with Gasteiger partial charge in [-0.05, 0) is 52.7 Å². The Labute approximate surface area is 152 Å². The van der Waals surface area contributed by atoms with E-state index in [1.165, 1.54) is 13.0 Å². The van der Waals surface area contributed by atoms with Crippen LogP contribution in [0.1, 0.15) is 22.8 Å². The normalized spacial score (nSPS) is 11.7. The van der Waals surface area contributed by atoms with Gasteiger partial charge < -0.3 is 10.1 Å². The monoisotopic (exact) mass is 413 g/mol. The third-order valence-corrected chi connectivity index (χ3v) is 4.24. The van der Waals surface area contributed by atoms with Crippen molar-refractivity contribution < 1.29 is 18.7 Å². The van der Waals surface area contributed by atoms with E-state index in [9.17, 15) is 14.0 Å². The number of hydrogen-bond acceptors (Lipinski definition) is 3. The van der Waals surface area contributed by atoms with Gasteiger partial charge >= 0.3 is 5.97 Å². The van der Waals surface area contributed by atoms with Crippen LogP contribution in [0.4, 0.5) is 4.39 Å². The van der Waals surface area contributed by atoms with Gasteiger partial charge in [-0.1, -0.05) is 29.8 Å². The summed E-state index contributed by atoms with van der Waals surface area (Å²) in [6.45, 7) is 1.68. The summed E-state index contributed by atoms with van der Waals surface area (Å²) in [4.78, 5) is 24.1. The van der Waals surface area contributed by atoms with Crippen molar-refractivity contribution >= 4 is 39.4 Å². The van der Waals surface area contributed by atoms with Crippen LogP contribution in [0.3, 0.4) is 0 Å². The van der Waals surface area contributed by atoms with Crippen LogP contribution in [-0.4, -0.2) is 18.0 Å². The molecule has 0 saturated heterocycles. The molecule has 2 aromatic carbocycles. The fourth-order valence-electron chi connectivity index (χ4n) is 1.90. The zero-order chi connectivity index (χ0) is 17.7. The van der Waals surface area contributed by atoms with Crippen LogP contribution in [0, 0.1) is 5.82 Å². The molecule has 0 fully saturated rings. The highest BCUT2D eigenvalue weighted by Gasteiger charge is 2.20. The molecule has 1 unspecified atom stereocenters. The van der Waals surface area contributed by atoms with Crippen LogP contribution in [0.15, 0.2) is 46.9 Å². The Morgan fingerprint density at radius 2 is 2.00 bits per heavy atom. The van der Waals surface area contributed by atoms with Crippen LogP contribution < -0.4 is 5.32 Å².